The maximum Gasteiger partial charge on any atom is 0.194 e. The third-order valence-electron chi connectivity index (χ3n) is 2.59. The molecule has 0 saturated carbocycles. The standard InChI is InChI=1S/C12H12N2OS/c1-3-15-9-4-5-10-11(6-9)14-8(2)7-16-12(14)13-10/h4-7H,3H2,1-2H3. The van der Waals surface area contributed by atoms with Gasteiger partial charge in [-0.05, 0) is 26.0 Å². The minimum Gasteiger partial charge on any atom is -0.494 e. The van der Waals surface area contributed by atoms with E-state index in [4.69, 9.17) is 4.74 Å². The molecular formula is C12H12N2OS. The predicted octanol–water partition coefficient (Wildman–Crippen LogP) is 3.26. The van der Waals surface area contributed by atoms with Crippen molar-refractivity contribution in [1.29, 1.82) is 0 Å². The number of thiazole rings is 1. The maximum absolute atomic E-state index is 5.51. The van der Waals surface area contributed by atoms with Crippen molar-refractivity contribution in [2.24, 2.45) is 0 Å². The predicted molar refractivity (Wildman–Crippen MR) is 66.5 cm³/mol. The molecule has 0 fully saturated rings. The summed E-state index contributed by atoms with van der Waals surface area (Å²) in [4.78, 5) is 5.61. The van der Waals surface area contributed by atoms with Crippen LogP contribution >= 0.6 is 11.3 Å². The fourth-order valence-corrected chi connectivity index (χ4v) is 2.78. The summed E-state index contributed by atoms with van der Waals surface area (Å²) in [6.45, 7) is 4.78. The Morgan fingerprint density at radius 3 is 3.12 bits per heavy atom. The molecule has 0 spiro atoms. The Labute approximate surface area is 97.3 Å². The molecule has 0 aliphatic heterocycles. The first-order valence-electron chi connectivity index (χ1n) is 5.28. The van der Waals surface area contributed by atoms with Gasteiger partial charge in [-0.2, -0.15) is 0 Å². The SMILES string of the molecule is CCOc1ccc2nc3scc(C)n3c2c1. The van der Waals surface area contributed by atoms with Crippen LogP contribution in [0.25, 0.3) is 16.0 Å². The van der Waals surface area contributed by atoms with Crippen molar-refractivity contribution in [3.05, 3.63) is 29.3 Å². The van der Waals surface area contributed by atoms with Crippen molar-refractivity contribution in [3.63, 3.8) is 0 Å². The molecule has 0 bridgehead atoms. The molecule has 2 aromatic heterocycles. The molecule has 82 valence electrons. The molecule has 0 aliphatic rings. The van der Waals surface area contributed by atoms with Crippen molar-refractivity contribution < 1.29 is 4.74 Å². The Hall–Kier alpha value is -1.55. The average Bonchev–Trinajstić information content (AvgIpc) is 2.80. The number of ether oxygens (including phenoxy) is 1. The van der Waals surface area contributed by atoms with Gasteiger partial charge in [0, 0.05) is 17.1 Å². The molecule has 0 N–H and O–H groups in total. The molecule has 0 unspecified atom stereocenters. The van der Waals surface area contributed by atoms with E-state index in [1.54, 1.807) is 11.3 Å². The molecule has 0 amide bonds. The molecule has 0 aliphatic carbocycles. The van der Waals surface area contributed by atoms with Gasteiger partial charge in [0.1, 0.15) is 5.75 Å². The molecular weight excluding hydrogens is 220 g/mol. The van der Waals surface area contributed by atoms with Gasteiger partial charge in [-0.25, -0.2) is 4.98 Å². The van der Waals surface area contributed by atoms with E-state index in [0.29, 0.717) is 6.61 Å². The van der Waals surface area contributed by atoms with Crippen LogP contribution in [0, 0.1) is 6.92 Å². The van der Waals surface area contributed by atoms with E-state index >= 15 is 0 Å². The van der Waals surface area contributed by atoms with Gasteiger partial charge in [-0.1, -0.05) is 0 Å². The largest absolute Gasteiger partial charge is 0.494 e. The monoisotopic (exact) mass is 232 g/mol. The summed E-state index contributed by atoms with van der Waals surface area (Å²) in [5.74, 6) is 0.905. The summed E-state index contributed by atoms with van der Waals surface area (Å²) in [7, 11) is 0. The van der Waals surface area contributed by atoms with Crippen LogP contribution in [-0.2, 0) is 0 Å². The Bertz CT molecular complexity index is 653. The highest BCUT2D eigenvalue weighted by atomic mass is 32.1. The van der Waals surface area contributed by atoms with Crippen LogP contribution < -0.4 is 4.74 Å². The van der Waals surface area contributed by atoms with Crippen LogP contribution in [-0.4, -0.2) is 16.0 Å². The Morgan fingerprint density at radius 1 is 1.44 bits per heavy atom. The normalized spacial score (nSPS) is 11.4. The lowest BCUT2D eigenvalue weighted by molar-refractivity contribution is 0.340. The third-order valence-corrected chi connectivity index (χ3v) is 3.54. The quantitative estimate of drug-likeness (QED) is 0.678. The molecule has 0 radical (unpaired) electrons. The van der Waals surface area contributed by atoms with Gasteiger partial charge in [0.25, 0.3) is 0 Å². The van der Waals surface area contributed by atoms with Crippen molar-refractivity contribution in [1.82, 2.24) is 9.38 Å². The third kappa shape index (κ3) is 1.30. The van der Waals surface area contributed by atoms with Crippen molar-refractivity contribution in [2.75, 3.05) is 6.61 Å². The second kappa shape index (κ2) is 3.49. The van der Waals surface area contributed by atoms with E-state index in [0.717, 1.165) is 21.7 Å². The number of rotatable bonds is 2. The Kier molecular flexibility index (Phi) is 2.11. The summed E-state index contributed by atoms with van der Waals surface area (Å²) in [6.07, 6.45) is 0. The van der Waals surface area contributed by atoms with E-state index in [1.165, 1.54) is 5.69 Å². The second-order valence-electron chi connectivity index (χ2n) is 3.69. The molecule has 2 heterocycles. The van der Waals surface area contributed by atoms with Gasteiger partial charge in [-0.3, -0.25) is 4.40 Å². The van der Waals surface area contributed by atoms with Gasteiger partial charge in [0.15, 0.2) is 4.96 Å². The van der Waals surface area contributed by atoms with Crippen LogP contribution in [0.5, 0.6) is 5.75 Å². The summed E-state index contributed by atoms with van der Waals surface area (Å²) < 4.78 is 7.68. The lowest BCUT2D eigenvalue weighted by Gasteiger charge is -2.02. The van der Waals surface area contributed by atoms with Crippen molar-refractivity contribution in [3.8, 4) is 5.75 Å². The number of imidazole rings is 1. The first kappa shape index (κ1) is 9.66. The van der Waals surface area contributed by atoms with E-state index in [-0.39, 0.29) is 0 Å². The summed E-state index contributed by atoms with van der Waals surface area (Å²) in [5, 5.41) is 2.12. The highest BCUT2D eigenvalue weighted by Crippen LogP contribution is 2.26. The van der Waals surface area contributed by atoms with Crippen molar-refractivity contribution in [2.45, 2.75) is 13.8 Å². The molecule has 3 aromatic rings. The summed E-state index contributed by atoms with van der Waals surface area (Å²) >= 11 is 1.67. The number of aryl methyl sites for hydroxylation is 1. The van der Waals surface area contributed by atoms with Gasteiger partial charge in [0.05, 0.1) is 17.6 Å². The summed E-state index contributed by atoms with van der Waals surface area (Å²) in [5.41, 5.74) is 3.37. The highest BCUT2D eigenvalue weighted by molar-refractivity contribution is 7.15. The Balaban J connectivity index is 2.33. The molecule has 0 atom stereocenters. The van der Waals surface area contributed by atoms with E-state index in [2.05, 4.69) is 27.8 Å². The lowest BCUT2D eigenvalue weighted by atomic mass is 10.3. The number of nitrogens with zero attached hydrogens (tertiary/aromatic N) is 2. The lowest BCUT2D eigenvalue weighted by Crippen LogP contribution is -1.91. The number of aromatic nitrogens is 2. The van der Waals surface area contributed by atoms with Crippen LogP contribution in [0.1, 0.15) is 12.6 Å². The topological polar surface area (TPSA) is 26.5 Å². The number of hydrogen-bond acceptors (Lipinski definition) is 3. The minimum absolute atomic E-state index is 0.691. The van der Waals surface area contributed by atoms with Crippen molar-refractivity contribution >= 4 is 27.3 Å². The fourth-order valence-electron chi connectivity index (χ4n) is 1.90. The molecule has 3 rings (SSSR count). The molecule has 3 nitrogen and oxygen atoms in total. The zero-order valence-electron chi connectivity index (χ0n) is 9.23. The number of fused-ring (bicyclic) bond motifs is 3. The maximum atomic E-state index is 5.51. The van der Waals surface area contributed by atoms with Crippen LogP contribution in [0.2, 0.25) is 0 Å². The first-order valence-corrected chi connectivity index (χ1v) is 6.16. The van der Waals surface area contributed by atoms with E-state index in [1.807, 2.05) is 19.1 Å². The smallest absolute Gasteiger partial charge is 0.194 e. The second-order valence-corrected chi connectivity index (χ2v) is 4.53. The average molecular weight is 232 g/mol. The van der Waals surface area contributed by atoms with Crippen LogP contribution in [0.3, 0.4) is 0 Å². The van der Waals surface area contributed by atoms with Gasteiger partial charge < -0.3 is 4.74 Å². The molecule has 0 saturated heterocycles. The van der Waals surface area contributed by atoms with Gasteiger partial charge >= 0.3 is 0 Å². The minimum atomic E-state index is 0.691. The summed E-state index contributed by atoms with van der Waals surface area (Å²) in [6, 6.07) is 6.04. The molecule has 4 heteroatoms. The van der Waals surface area contributed by atoms with Gasteiger partial charge in [-0.15, -0.1) is 11.3 Å². The van der Waals surface area contributed by atoms with Crippen LogP contribution in [0.4, 0.5) is 0 Å². The molecule has 1 aromatic carbocycles. The zero-order valence-corrected chi connectivity index (χ0v) is 10.0. The van der Waals surface area contributed by atoms with E-state index in [9.17, 15) is 0 Å². The number of benzene rings is 1. The van der Waals surface area contributed by atoms with E-state index < -0.39 is 0 Å². The fraction of sp³-hybridized carbons (Fsp3) is 0.250. The number of hydrogen-bond donors (Lipinski definition) is 0. The molecule has 16 heavy (non-hydrogen) atoms. The Morgan fingerprint density at radius 2 is 2.31 bits per heavy atom. The first-order chi connectivity index (χ1) is 7.79. The van der Waals surface area contributed by atoms with Crippen LogP contribution in [0.15, 0.2) is 23.6 Å². The highest BCUT2D eigenvalue weighted by Gasteiger charge is 2.08. The van der Waals surface area contributed by atoms with Gasteiger partial charge in [0.2, 0.25) is 0 Å². The zero-order chi connectivity index (χ0) is 11.1.